The van der Waals surface area contributed by atoms with Crippen LogP contribution in [-0.2, 0) is 10.6 Å². The Morgan fingerprint density at radius 3 is 3.00 bits per heavy atom. The minimum Gasteiger partial charge on any atom is -0.377 e. The van der Waals surface area contributed by atoms with Crippen LogP contribution in [0.25, 0.3) is 4.96 Å². The van der Waals surface area contributed by atoms with E-state index in [1.165, 1.54) is 0 Å². The molecule has 0 spiro atoms. The molecular formula is C12H18ClN3OS. The minimum absolute atomic E-state index is 0.261. The van der Waals surface area contributed by atoms with Crippen LogP contribution in [0.3, 0.4) is 0 Å². The number of likely N-dealkylation sites (N-methyl/N-ethyl adjacent to an activating group) is 1. The Balaban J connectivity index is 2.11. The number of aromatic nitrogens is 2. The Hall–Kier alpha value is -0.780. The van der Waals surface area contributed by atoms with Gasteiger partial charge in [0.15, 0.2) is 10.8 Å². The fraction of sp³-hybridized carbons (Fsp3) is 0.583. The molecule has 0 bridgehead atoms. The van der Waals surface area contributed by atoms with Gasteiger partial charge in [-0.3, -0.25) is 4.40 Å². The number of alkyl halides is 1. The smallest absolute Gasteiger partial charge is 0.195 e. The minimum atomic E-state index is 0.261. The molecule has 0 atom stereocenters. The molecule has 0 N–H and O–H groups in total. The van der Waals surface area contributed by atoms with E-state index in [9.17, 15) is 0 Å². The van der Waals surface area contributed by atoms with Gasteiger partial charge in [0.1, 0.15) is 0 Å². The molecule has 18 heavy (non-hydrogen) atoms. The molecule has 0 aliphatic carbocycles. The van der Waals surface area contributed by atoms with E-state index in [1.807, 2.05) is 36.9 Å². The Kier molecular flexibility index (Phi) is 4.48. The highest BCUT2D eigenvalue weighted by molar-refractivity contribution is 7.15. The largest absolute Gasteiger partial charge is 0.377 e. The van der Waals surface area contributed by atoms with Gasteiger partial charge in [0.25, 0.3) is 0 Å². The molecule has 0 aliphatic rings. The number of anilines is 1. The van der Waals surface area contributed by atoms with Gasteiger partial charge in [-0.1, -0.05) is 0 Å². The van der Waals surface area contributed by atoms with Crippen molar-refractivity contribution < 1.29 is 4.74 Å². The van der Waals surface area contributed by atoms with Gasteiger partial charge in [0.05, 0.1) is 24.3 Å². The van der Waals surface area contributed by atoms with Crippen LogP contribution in [0.15, 0.2) is 11.6 Å². The first-order valence-electron chi connectivity index (χ1n) is 5.96. The molecule has 2 heterocycles. The van der Waals surface area contributed by atoms with Gasteiger partial charge in [-0.15, -0.1) is 22.9 Å². The lowest BCUT2D eigenvalue weighted by atomic mass is 10.4. The van der Waals surface area contributed by atoms with Crippen molar-refractivity contribution in [1.29, 1.82) is 0 Å². The van der Waals surface area contributed by atoms with Crippen molar-refractivity contribution in [2.24, 2.45) is 0 Å². The highest BCUT2D eigenvalue weighted by Crippen LogP contribution is 2.25. The van der Waals surface area contributed by atoms with Crippen LogP contribution in [-0.4, -0.2) is 35.7 Å². The Bertz CT molecular complexity index is 508. The van der Waals surface area contributed by atoms with Crippen molar-refractivity contribution in [1.82, 2.24) is 9.38 Å². The molecule has 2 aromatic rings. The van der Waals surface area contributed by atoms with Crippen LogP contribution in [0.5, 0.6) is 0 Å². The third-order valence-electron chi connectivity index (χ3n) is 2.71. The summed E-state index contributed by atoms with van der Waals surface area (Å²) in [4.78, 5) is 7.69. The Labute approximate surface area is 116 Å². The van der Waals surface area contributed by atoms with Crippen molar-refractivity contribution in [2.75, 3.05) is 25.1 Å². The van der Waals surface area contributed by atoms with Crippen LogP contribution < -0.4 is 4.90 Å². The number of rotatable bonds is 6. The van der Waals surface area contributed by atoms with Gasteiger partial charge in [0.2, 0.25) is 0 Å². The molecule has 100 valence electrons. The zero-order valence-corrected chi connectivity index (χ0v) is 12.5. The molecule has 0 unspecified atom stereocenters. The Morgan fingerprint density at radius 1 is 1.56 bits per heavy atom. The van der Waals surface area contributed by atoms with E-state index in [0.29, 0.717) is 12.5 Å². The van der Waals surface area contributed by atoms with Crippen LogP contribution in [0.2, 0.25) is 0 Å². The van der Waals surface area contributed by atoms with E-state index in [0.717, 1.165) is 23.0 Å². The zero-order chi connectivity index (χ0) is 13.1. The monoisotopic (exact) mass is 287 g/mol. The standard InChI is InChI=1S/C12H18ClN3OS/c1-9(2)17-6-4-15(3)11-10(8-13)16-5-7-18-12(16)14-11/h5,7,9H,4,6,8H2,1-3H3. The number of imidazole rings is 1. The van der Waals surface area contributed by atoms with E-state index >= 15 is 0 Å². The third-order valence-corrected chi connectivity index (χ3v) is 3.72. The Morgan fingerprint density at radius 2 is 2.33 bits per heavy atom. The summed E-state index contributed by atoms with van der Waals surface area (Å²) in [6.07, 6.45) is 2.27. The molecular weight excluding hydrogens is 270 g/mol. The topological polar surface area (TPSA) is 29.8 Å². The number of hydrogen-bond acceptors (Lipinski definition) is 4. The SMILES string of the molecule is CC(C)OCCN(C)c1nc2sccn2c1CCl. The summed E-state index contributed by atoms with van der Waals surface area (Å²) < 4.78 is 7.60. The molecule has 0 amide bonds. The maximum absolute atomic E-state index is 6.02. The summed E-state index contributed by atoms with van der Waals surface area (Å²) in [6.45, 7) is 5.58. The van der Waals surface area contributed by atoms with Crippen molar-refractivity contribution in [3.05, 3.63) is 17.3 Å². The fourth-order valence-corrected chi connectivity index (χ4v) is 2.76. The second kappa shape index (κ2) is 5.91. The average molecular weight is 288 g/mol. The normalized spacial score (nSPS) is 11.6. The first-order chi connectivity index (χ1) is 8.63. The van der Waals surface area contributed by atoms with E-state index in [1.54, 1.807) is 11.3 Å². The number of thiazole rings is 1. The summed E-state index contributed by atoms with van der Waals surface area (Å²) >= 11 is 7.64. The lowest BCUT2D eigenvalue weighted by Crippen LogP contribution is -2.25. The molecule has 2 rings (SSSR count). The number of hydrogen-bond donors (Lipinski definition) is 0. The van der Waals surface area contributed by atoms with Gasteiger partial charge in [-0.05, 0) is 13.8 Å². The molecule has 0 fully saturated rings. The number of halogens is 1. The maximum atomic E-state index is 6.02. The van der Waals surface area contributed by atoms with Crippen LogP contribution in [0.1, 0.15) is 19.5 Å². The summed E-state index contributed by atoms with van der Waals surface area (Å²) in [6, 6.07) is 0. The van der Waals surface area contributed by atoms with Crippen LogP contribution >= 0.6 is 22.9 Å². The molecule has 4 nitrogen and oxygen atoms in total. The summed E-state index contributed by atoms with van der Waals surface area (Å²) in [7, 11) is 2.02. The first kappa shape index (κ1) is 13.6. The molecule has 0 aromatic carbocycles. The van der Waals surface area contributed by atoms with Crippen molar-refractivity contribution in [3.63, 3.8) is 0 Å². The second-order valence-electron chi connectivity index (χ2n) is 4.41. The molecule has 0 aliphatic heterocycles. The number of fused-ring (bicyclic) bond motifs is 1. The lowest BCUT2D eigenvalue weighted by Gasteiger charge is -2.18. The average Bonchev–Trinajstić information content (AvgIpc) is 2.87. The predicted molar refractivity (Wildman–Crippen MR) is 77.0 cm³/mol. The van der Waals surface area contributed by atoms with E-state index in [-0.39, 0.29) is 6.10 Å². The number of ether oxygens (including phenoxy) is 1. The highest BCUT2D eigenvalue weighted by Gasteiger charge is 2.15. The van der Waals surface area contributed by atoms with Crippen molar-refractivity contribution >= 4 is 33.7 Å². The number of nitrogens with zero attached hydrogens (tertiary/aromatic N) is 3. The van der Waals surface area contributed by atoms with Gasteiger partial charge >= 0.3 is 0 Å². The van der Waals surface area contributed by atoms with E-state index < -0.39 is 0 Å². The molecule has 2 aromatic heterocycles. The van der Waals surface area contributed by atoms with Gasteiger partial charge in [-0.25, -0.2) is 4.98 Å². The highest BCUT2D eigenvalue weighted by atomic mass is 35.5. The summed E-state index contributed by atoms with van der Waals surface area (Å²) in [5, 5.41) is 2.02. The first-order valence-corrected chi connectivity index (χ1v) is 7.38. The van der Waals surface area contributed by atoms with Crippen molar-refractivity contribution in [3.8, 4) is 0 Å². The third kappa shape index (κ3) is 2.79. The molecule has 6 heteroatoms. The summed E-state index contributed by atoms with van der Waals surface area (Å²) in [5.41, 5.74) is 1.04. The van der Waals surface area contributed by atoms with Gasteiger partial charge < -0.3 is 9.64 Å². The van der Waals surface area contributed by atoms with Gasteiger partial charge in [-0.2, -0.15) is 0 Å². The second-order valence-corrected chi connectivity index (χ2v) is 5.55. The van der Waals surface area contributed by atoms with Crippen molar-refractivity contribution in [2.45, 2.75) is 25.8 Å². The maximum Gasteiger partial charge on any atom is 0.195 e. The zero-order valence-electron chi connectivity index (χ0n) is 10.9. The quantitative estimate of drug-likeness (QED) is 0.765. The van der Waals surface area contributed by atoms with E-state index in [4.69, 9.17) is 16.3 Å². The van der Waals surface area contributed by atoms with Crippen LogP contribution in [0.4, 0.5) is 5.82 Å². The van der Waals surface area contributed by atoms with E-state index in [2.05, 4.69) is 9.88 Å². The predicted octanol–water partition coefficient (Wildman–Crippen LogP) is 3.00. The fourth-order valence-electron chi connectivity index (χ4n) is 1.78. The van der Waals surface area contributed by atoms with Crippen LogP contribution in [0, 0.1) is 0 Å². The molecule has 0 saturated carbocycles. The lowest BCUT2D eigenvalue weighted by molar-refractivity contribution is 0.0845. The van der Waals surface area contributed by atoms with Gasteiger partial charge in [0, 0.05) is 25.2 Å². The molecule has 0 saturated heterocycles. The molecule has 0 radical (unpaired) electrons. The summed E-state index contributed by atoms with van der Waals surface area (Å²) in [5.74, 6) is 1.41.